The lowest BCUT2D eigenvalue weighted by Crippen LogP contribution is -2.20. The molecular weight excluding hydrogens is 276 g/mol. The Morgan fingerprint density at radius 1 is 1.18 bits per heavy atom. The summed E-state index contributed by atoms with van der Waals surface area (Å²) in [7, 11) is 0. The number of hydrogen-bond acceptors (Lipinski definition) is 4. The molecule has 0 aliphatic rings. The summed E-state index contributed by atoms with van der Waals surface area (Å²) in [5.41, 5.74) is 2.05. The molecule has 3 aromatic rings. The van der Waals surface area contributed by atoms with Gasteiger partial charge in [0.15, 0.2) is 11.5 Å². The van der Waals surface area contributed by atoms with E-state index in [4.69, 9.17) is 4.74 Å². The van der Waals surface area contributed by atoms with Crippen LogP contribution in [0.3, 0.4) is 0 Å². The van der Waals surface area contributed by atoms with Gasteiger partial charge in [-0.3, -0.25) is 4.40 Å². The van der Waals surface area contributed by atoms with Crippen molar-refractivity contribution in [2.45, 2.75) is 26.4 Å². The second-order valence-corrected chi connectivity index (χ2v) is 5.17. The van der Waals surface area contributed by atoms with E-state index in [1.54, 1.807) is 0 Å². The van der Waals surface area contributed by atoms with Gasteiger partial charge in [0, 0.05) is 12.7 Å². The molecule has 2 aromatic heterocycles. The summed E-state index contributed by atoms with van der Waals surface area (Å²) in [6.45, 7) is 5.52. The highest BCUT2D eigenvalue weighted by Gasteiger charge is 2.12. The predicted molar refractivity (Wildman–Crippen MR) is 85.9 cm³/mol. The SMILES string of the molecule is CCOc1cccc(CNC(C)c2nnc3ccccn23)c1. The molecule has 0 aliphatic heterocycles. The second-order valence-electron chi connectivity index (χ2n) is 5.17. The molecule has 0 fully saturated rings. The molecule has 0 amide bonds. The Morgan fingerprint density at radius 2 is 2.09 bits per heavy atom. The van der Waals surface area contributed by atoms with Crippen LogP contribution in [0.1, 0.15) is 31.3 Å². The van der Waals surface area contributed by atoms with Crippen LogP contribution in [0, 0.1) is 0 Å². The quantitative estimate of drug-likeness (QED) is 0.760. The van der Waals surface area contributed by atoms with Gasteiger partial charge in [-0.1, -0.05) is 18.2 Å². The molecule has 2 heterocycles. The minimum Gasteiger partial charge on any atom is -0.494 e. The van der Waals surface area contributed by atoms with Crippen LogP contribution in [-0.2, 0) is 6.54 Å². The molecule has 0 saturated heterocycles. The van der Waals surface area contributed by atoms with Crippen LogP contribution in [0.25, 0.3) is 5.65 Å². The molecule has 0 radical (unpaired) electrons. The number of rotatable bonds is 6. The Kier molecular flexibility index (Phi) is 4.34. The van der Waals surface area contributed by atoms with Crippen molar-refractivity contribution in [1.29, 1.82) is 0 Å². The van der Waals surface area contributed by atoms with Crippen molar-refractivity contribution in [3.8, 4) is 5.75 Å². The number of nitrogens with one attached hydrogen (secondary N) is 1. The fraction of sp³-hybridized carbons (Fsp3) is 0.294. The van der Waals surface area contributed by atoms with E-state index in [9.17, 15) is 0 Å². The molecule has 22 heavy (non-hydrogen) atoms. The highest BCUT2D eigenvalue weighted by atomic mass is 16.5. The number of hydrogen-bond donors (Lipinski definition) is 1. The maximum absolute atomic E-state index is 5.53. The Hall–Kier alpha value is -2.40. The monoisotopic (exact) mass is 296 g/mol. The maximum atomic E-state index is 5.53. The fourth-order valence-corrected chi connectivity index (χ4v) is 2.43. The predicted octanol–water partition coefficient (Wildman–Crippen LogP) is 2.98. The Morgan fingerprint density at radius 3 is 2.95 bits per heavy atom. The van der Waals surface area contributed by atoms with Gasteiger partial charge in [0.05, 0.1) is 12.6 Å². The van der Waals surface area contributed by atoms with Gasteiger partial charge in [0.25, 0.3) is 0 Å². The van der Waals surface area contributed by atoms with Crippen molar-refractivity contribution in [2.75, 3.05) is 6.61 Å². The van der Waals surface area contributed by atoms with Crippen LogP contribution in [0.5, 0.6) is 5.75 Å². The topological polar surface area (TPSA) is 51.5 Å². The van der Waals surface area contributed by atoms with Crippen molar-refractivity contribution < 1.29 is 4.74 Å². The average Bonchev–Trinajstić information content (AvgIpc) is 2.97. The molecular formula is C17H20N4O. The van der Waals surface area contributed by atoms with Gasteiger partial charge in [-0.15, -0.1) is 10.2 Å². The van der Waals surface area contributed by atoms with Gasteiger partial charge in [-0.05, 0) is 43.7 Å². The average molecular weight is 296 g/mol. The Bertz CT molecular complexity index is 753. The smallest absolute Gasteiger partial charge is 0.160 e. The number of nitrogens with zero attached hydrogens (tertiary/aromatic N) is 3. The summed E-state index contributed by atoms with van der Waals surface area (Å²) in [4.78, 5) is 0. The van der Waals surface area contributed by atoms with Gasteiger partial charge < -0.3 is 10.1 Å². The lowest BCUT2D eigenvalue weighted by Gasteiger charge is -2.13. The minimum absolute atomic E-state index is 0.105. The summed E-state index contributed by atoms with van der Waals surface area (Å²) in [5, 5.41) is 12.0. The van der Waals surface area contributed by atoms with E-state index >= 15 is 0 Å². The molecule has 1 N–H and O–H groups in total. The van der Waals surface area contributed by atoms with Crippen LogP contribution in [-0.4, -0.2) is 21.2 Å². The highest BCUT2D eigenvalue weighted by Crippen LogP contribution is 2.16. The van der Waals surface area contributed by atoms with E-state index < -0.39 is 0 Å². The molecule has 5 heteroatoms. The number of pyridine rings is 1. The van der Waals surface area contributed by atoms with Crippen LogP contribution in [0.15, 0.2) is 48.7 Å². The van der Waals surface area contributed by atoms with Crippen molar-refractivity contribution in [2.24, 2.45) is 0 Å². The van der Waals surface area contributed by atoms with Gasteiger partial charge in [0.2, 0.25) is 0 Å². The maximum Gasteiger partial charge on any atom is 0.160 e. The van der Waals surface area contributed by atoms with E-state index in [-0.39, 0.29) is 6.04 Å². The molecule has 0 spiro atoms. The highest BCUT2D eigenvalue weighted by molar-refractivity contribution is 5.37. The minimum atomic E-state index is 0.105. The van der Waals surface area contributed by atoms with Gasteiger partial charge in [-0.2, -0.15) is 0 Å². The summed E-state index contributed by atoms with van der Waals surface area (Å²) < 4.78 is 7.54. The Labute approximate surface area is 130 Å². The molecule has 1 aromatic carbocycles. The van der Waals surface area contributed by atoms with Crippen LogP contribution in [0.2, 0.25) is 0 Å². The van der Waals surface area contributed by atoms with Crippen molar-refractivity contribution in [3.63, 3.8) is 0 Å². The first-order chi connectivity index (χ1) is 10.8. The number of aromatic nitrogens is 3. The summed E-state index contributed by atoms with van der Waals surface area (Å²) in [6.07, 6.45) is 1.98. The first-order valence-corrected chi connectivity index (χ1v) is 7.52. The summed E-state index contributed by atoms with van der Waals surface area (Å²) in [6, 6.07) is 14.1. The molecule has 1 atom stereocenters. The van der Waals surface area contributed by atoms with Crippen molar-refractivity contribution >= 4 is 5.65 Å². The third kappa shape index (κ3) is 3.09. The van der Waals surface area contributed by atoms with E-state index in [0.29, 0.717) is 6.61 Å². The molecule has 0 bridgehead atoms. The van der Waals surface area contributed by atoms with E-state index in [1.807, 2.05) is 47.9 Å². The van der Waals surface area contributed by atoms with Gasteiger partial charge >= 0.3 is 0 Å². The summed E-state index contributed by atoms with van der Waals surface area (Å²) >= 11 is 0. The van der Waals surface area contributed by atoms with Crippen LogP contribution < -0.4 is 10.1 Å². The molecule has 5 nitrogen and oxygen atoms in total. The second kappa shape index (κ2) is 6.58. The van der Waals surface area contributed by atoms with Gasteiger partial charge in [-0.25, -0.2) is 0 Å². The first kappa shape index (κ1) is 14.5. The standard InChI is InChI=1S/C17H20N4O/c1-3-22-15-8-6-7-14(11-15)12-18-13(2)17-20-19-16-9-4-5-10-21(16)17/h4-11,13,18H,3,12H2,1-2H3. The number of ether oxygens (including phenoxy) is 1. The molecule has 3 rings (SSSR count). The lowest BCUT2D eigenvalue weighted by molar-refractivity contribution is 0.339. The Balaban J connectivity index is 1.69. The molecule has 114 valence electrons. The number of benzene rings is 1. The van der Waals surface area contributed by atoms with E-state index in [0.717, 1.165) is 23.8 Å². The molecule has 0 saturated carbocycles. The third-order valence-corrected chi connectivity index (χ3v) is 3.55. The number of fused-ring (bicyclic) bond motifs is 1. The normalized spacial score (nSPS) is 12.5. The third-order valence-electron chi connectivity index (χ3n) is 3.55. The van der Waals surface area contributed by atoms with E-state index in [1.165, 1.54) is 5.56 Å². The molecule has 0 aliphatic carbocycles. The van der Waals surface area contributed by atoms with Crippen molar-refractivity contribution in [3.05, 3.63) is 60.0 Å². The van der Waals surface area contributed by atoms with Crippen LogP contribution in [0.4, 0.5) is 0 Å². The largest absolute Gasteiger partial charge is 0.494 e. The zero-order valence-corrected chi connectivity index (χ0v) is 12.9. The zero-order chi connectivity index (χ0) is 15.4. The fourth-order valence-electron chi connectivity index (χ4n) is 2.43. The first-order valence-electron chi connectivity index (χ1n) is 7.52. The molecule has 1 unspecified atom stereocenters. The summed E-state index contributed by atoms with van der Waals surface area (Å²) in [5.74, 6) is 1.82. The van der Waals surface area contributed by atoms with E-state index in [2.05, 4.69) is 34.6 Å². The van der Waals surface area contributed by atoms with Gasteiger partial charge in [0.1, 0.15) is 5.75 Å². The van der Waals surface area contributed by atoms with Crippen LogP contribution >= 0.6 is 0 Å². The van der Waals surface area contributed by atoms with Crippen molar-refractivity contribution in [1.82, 2.24) is 19.9 Å². The zero-order valence-electron chi connectivity index (χ0n) is 12.9. The lowest BCUT2D eigenvalue weighted by atomic mass is 10.2.